The summed E-state index contributed by atoms with van der Waals surface area (Å²) >= 11 is 0. The lowest BCUT2D eigenvalue weighted by Crippen LogP contribution is -2.08. The van der Waals surface area contributed by atoms with Crippen LogP contribution in [0.15, 0.2) is 54.9 Å². The third kappa shape index (κ3) is 4.44. The van der Waals surface area contributed by atoms with Crippen LogP contribution in [-0.2, 0) is 6.42 Å². The van der Waals surface area contributed by atoms with Gasteiger partial charge in [0.2, 0.25) is 0 Å². The summed E-state index contributed by atoms with van der Waals surface area (Å²) < 4.78 is 10.5. The number of hydrogen-bond acceptors (Lipinski definition) is 6. The standard InChI is InChI=1S/C19H20N4O2/c1-24-16-7-3-6-15(11-16)17-12-18(23-19(22-17)25-2)21-10-8-14-5-4-9-20-13-14/h3-7,9,11-13H,8,10H2,1-2H3,(H,21,22,23). The maximum Gasteiger partial charge on any atom is 0.318 e. The molecule has 0 fully saturated rings. The first-order valence-corrected chi connectivity index (χ1v) is 7.99. The molecule has 3 rings (SSSR count). The summed E-state index contributed by atoms with van der Waals surface area (Å²) in [6, 6.07) is 13.9. The molecule has 0 aliphatic heterocycles. The quantitative estimate of drug-likeness (QED) is 0.714. The van der Waals surface area contributed by atoms with Crippen molar-refractivity contribution in [2.75, 3.05) is 26.1 Å². The lowest BCUT2D eigenvalue weighted by Gasteiger charge is -2.10. The van der Waals surface area contributed by atoms with Crippen molar-refractivity contribution >= 4 is 5.82 Å². The molecule has 128 valence electrons. The Morgan fingerprint density at radius 2 is 1.92 bits per heavy atom. The molecular weight excluding hydrogens is 316 g/mol. The van der Waals surface area contributed by atoms with E-state index in [4.69, 9.17) is 9.47 Å². The number of benzene rings is 1. The first kappa shape index (κ1) is 16.7. The summed E-state index contributed by atoms with van der Waals surface area (Å²) in [5.41, 5.74) is 2.88. The molecule has 0 amide bonds. The molecule has 0 spiro atoms. The highest BCUT2D eigenvalue weighted by Gasteiger charge is 2.08. The van der Waals surface area contributed by atoms with Crippen molar-refractivity contribution in [1.82, 2.24) is 15.0 Å². The Hall–Kier alpha value is -3.15. The van der Waals surface area contributed by atoms with Gasteiger partial charge in [0.25, 0.3) is 0 Å². The molecule has 2 heterocycles. The van der Waals surface area contributed by atoms with E-state index in [1.54, 1.807) is 20.4 Å². The number of ether oxygens (including phenoxy) is 2. The van der Waals surface area contributed by atoms with Gasteiger partial charge in [-0.15, -0.1) is 0 Å². The number of pyridine rings is 1. The molecule has 2 aromatic heterocycles. The van der Waals surface area contributed by atoms with Crippen molar-refractivity contribution in [2.45, 2.75) is 6.42 Å². The summed E-state index contributed by atoms with van der Waals surface area (Å²) in [5, 5.41) is 3.32. The zero-order valence-corrected chi connectivity index (χ0v) is 14.3. The Kier molecular flexibility index (Phi) is 5.41. The van der Waals surface area contributed by atoms with E-state index in [-0.39, 0.29) is 0 Å². The smallest absolute Gasteiger partial charge is 0.318 e. The van der Waals surface area contributed by atoms with E-state index in [9.17, 15) is 0 Å². The van der Waals surface area contributed by atoms with E-state index in [1.807, 2.05) is 42.6 Å². The summed E-state index contributed by atoms with van der Waals surface area (Å²) in [5.74, 6) is 1.50. The van der Waals surface area contributed by atoms with E-state index < -0.39 is 0 Å². The van der Waals surface area contributed by atoms with Crippen LogP contribution in [0.4, 0.5) is 5.82 Å². The maximum atomic E-state index is 5.28. The molecule has 0 radical (unpaired) electrons. The van der Waals surface area contributed by atoms with Crippen molar-refractivity contribution in [2.24, 2.45) is 0 Å². The van der Waals surface area contributed by atoms with E-state index in [1.165, 1.54) is 5.56 Å². The van der Waals surface area contributed by atoms with Crippen molar-refractivity contribution in [3.05, 3.63) is 60.4 Å². The largest absolute Gasteiger partial charge is 0.497 e. The Bertz CT molecular complexity index is 825. The molecule has 0 aliphatic carbocycles. The van der Waals surface area contributed by atoms with Crippen LogP contribution in [0.5, 0.6) is 11.8 Å². The second kappa shape index (κ2) is 8.10. The molecule has 1 N–H and O–H groups in total. The Morgan fingerprint density at radius 1 is 1.00 bits per heavy atom. The Morgan fingerprint density at radius 3 is 2.68 bits per heavy atom. The third-order valence-corrected chi connectivity index (χ3v) is 3.70. The lowest BCUT2D eigenvalue weighted by molar-refractivity contribution is 0.381. The normalized spacial score (nSPS) is 10.3. The van der Waals surface area contributed by atoms with Gasteiger partial charge >= 0.3 is 6.01 Å². The maximum absolute atomic E-state index is 5.28. The van der Waals surface area contributed by atoms with Gasteiger partial charge in [0, 0.05) is 30.6 Å². The summed E-state index contributed by atoms with van der Waals surface area (Å²) in [4.78, 5) is 12.9. The number of aromatic nitrogens is 3. The van der Waals surface area contributed by atoms with E-state index in [2.05, 4.69) is 26.3 Å². The molecule has 6 nitrogen and oxygen atoms in total. The van der Waals surface area contributed by atoms with Crippen LogP contribution in [0, 0.1) is 0 Å². The first-order chi connectivity index (χ1) is 12.3. The van der Waals surface area contributed by atoms with Crippen LogP contribution in [0.3, 0.4) is 0 Å². The molecule has 0 saturated carbocycles. The molecular formula is C19H20N4O2. The average Bonchev–Trinajstić information content (AvgIpc) is 2.68. The van der Waals surface area contributed by atoms with E-state index >= 15 is 0 Å². The van der Waals surface area contributed by atoms with Gasteiger partial charge in [-0.25, -0.2) is 0 Å². The zero-order chi connectivity index (χ0) is 17.5. The highest BCUT2D eigenvalue weighted by molar-refractivity contribution is 5.64. The second-order valence-electron chi connectivity index (χ2n) is 5.40. The number of methoxy groups -OCH3 is 2. The number of anilines is 1. The highest BCUT2D eigenvalue weighted by atomic mass is 16.5. The molecule has 25 heavy (non-hydrogen) atoms. The topological polar surface area (TPSA) is 69.2 Å². The van der Waals surface area contributed by atoms with E-state index in [0.717, 1.165) is 30.0 Å². The van der Waals surface area contributed by atoms with Crippen LogP contribution < -0.4 is 14.8 Å². The second-order valence-corrected chi connectivity index (χ2v) is 5.40. The van der Waals surface area contributed by atoms with Crippen molar-refractivity contribution < 1.29 is 9.47 Å². The fraction of sp³-hybridized carbons (Fsp3) is 0.211. The average molecular weight is 336 g/mol. The predicted octanol–water partition coefficient (Wildman–Crippen LogP) is 3.21. The molecule has 1 aromatic carbocycles. The van der Waals surface area contributed by atoms with Crippen LogP contribution >= 0.6 is 0 Å². The van der Waals surface area contributed by atoms with Gasteiger partial charge in [-0.05, 0) is 30.2 Å². The van der Waals surface area contributed by atoms with Gasteiger partial charge in [-0.2, -0.15) is 9.97 Å². The number of hydrogen-bond donors (Lipinski definition) is 1. The van der Waals surface area contributed by atoms with Gasteiger partial charge in [-0.1, -0.05) is 18.2 Å². The van der Waals surface area contributed by atoms with Crippen LogP contribution in [-0.4, -0.2) is 35.7 Å². The third-order valence-electron chi connectivity index (χ3n) is 3.70. The Balaban J connectivity index is 1.77. The molecule has 6 heteroatoms. The summed E-state index contributed by atoms with van der Waals surface area (Å²) in [6.07, 6.45) is 4.49. The number of rotatable bonds is 7. The fourth-order valence-electron chi connectivity index (χ4n) is 2.42. The minimum Gasteiger partial charge on any atom is -0.497 e. The van der Waals surface area contributed by atoms with Crippen molar-refractivity contribution in [3.63, 3.8) is 0 Å². The fourth-order valence-corrected chi connectivity index (χ4v) is 2.42. The number of nitrogens with zero attached hydrogens (tertiary/aromatic N) is 3. The molecule has 3 aromatic rings. The molecule has 0 atom stereocenters. The first-order valence-electron chi connectivity index (χ1n) is 7.99. The predicted molar refractivity (Wildman–Crippen MR) is 97.0 cm³/mol. The van der Waals surface area contributed by atoms with Gasteiger partial charge in [0.1, 0.15) is 11.6 Å². The molecule has 0 aliphatic rings. The van der Waals surface area contributed by atoms with Crippen LogP contribution in [0.25, 0.3) is 11.3 Å². The highest BCUT2D eigenvalue weighted by Crippen LogP contribution is 2.25. The summed E-state index contributed by atoms with van der Waals surface area (Å²) in [6.45, 7) is 0.739. The van der Waals surface area contributed by atoms with E-state index in [0.29, 0.717) is 11.8 Å². The van der Waals surface area contributed by atoms with Gasteiger partial charge in [0.05, 0.1) is 19.9 Å². The SMILES string of the molecule is COc1cccc(-c2cc(NCCc3cccnc3)nc(OC)n2)c1. The van der Waals surface area contributed by atoms with Crippen molar-refractivity contribution in [3.8, 4) is 23.0 Å². The molecule has 0 unspecified atom stereocenters. The monoisotopic (exact) mass is 336 g/mol. The zero-order valence-electron chi connectivity index (χ0n) is 14.3. The number of nitrogens with one attached hydrogen (secondary N) is 1. The molecule has 0 bridgehead atoms. The molecule has 0 saturated heterocycles. The minimum atomic E-state index is 0.323. The van der Waals surface area contributed by atoms with Crippen LogP contribution in [0.1, 0.15) is 5.56 Å². The van der Waals surface area contributed by atoms with Crippen molar-refractivity contribution in [1.29, 1.82) is 0 Å². The van der Waals surface area contributed by atoms with Gasteiger partial charge in [-0.3, -0.25) is 4.98 Å². The Labute approximate surface area is 146 Å². The minimum absolute atomic E-state index is 0.323. The van der Waals surface area contributed by atoms with Gasteiger partial charge < -0.3 is 14.8 Å². The van der Waals surface area contributed by atoms with Gasteiger partial charge in [0.15, 0.2) is 0 Å². The lowest BCUT2D eigenvalue weighted by atomic mass is 10.1. The summed E-state index contributed by atoms with van der Waals surface area (Å²) in [7, 11) is 3.20. The van der Waals surface area contributed by atoms with Crippen LogP contribution in [0.2, 0.25) is 0 Å².